The first-order chi connectivity index (χ1) is 6.63. The van der Waals surface area contributed by atoms with E-state index in [0.29, 0.717) is 0 Å². The fourth-order valence-corrected chi connectivity index (χ4v) is 0.963. The number of carbonyl (C=O) groups excluding carboxylic acids is 1. The second-order valence-electron chi connectivity index (χ2n) is 2.67. The van der Waals surface area contributed by atoms with Crippen LogP contribution in [0.2, 0.25) is 0 Å². The van der Waals surface area contributed by atoms with E-state index < -0.39 is 10.5 Å². The summed E-state index contributed by atoms with van der Waals surface area (Å²) in [4.78, 5) is 11.0. The minimum atomic E-state index is -0.821. The minimum Gasteiger partial charge on any atom is -0.318 e. The summed E-state index contributed by atoms with van der Waals surface area (Å²) in [5.41, 5.74) is 5.06. The van der Waals surface area contributed by atoms with Gasteiger partial charge in [-0.2, -0.15) is 10.5 Å². The van der Waals surface area contributed by atoms with E-state index in [0.717, 1.165) is 0 Å². The Morgan fingerprint density at radius 1 is 1.14 bits per heavy atom. The van der Waals surface area contributed by atoms with E-state index in [-0.39, 0.29) is 25.9 Å². The number of nitrogens with two attached hydrogens (primary N) is 1. The van der Waals surface area contributed by atoms with E-state index in [1.165, 1.54) is 0 Å². The maximum absolute atomic E-state index is 11.0. The molecule has 0 aliphatic carbocycles. The molecule has 0 fully saturated rings. The molecule has 0 aromatic rings. The highest BCUT2D eigenvalue weighted by atomic mass is 16.2. The number of rotatable bonds is 4. The summed E-state index contributed by atoms with van der Waals surface area (Å²) in [5.74, 6) is 0. The van der Waals surface area contributed by atoms with Gasteiger partial charge in [-0.05, 0) is 0 Å². The third-order valence-corrected chi connectivity index (χ3v) is 1.82. The van der Waals surface area contributed by atoms with Gasteiger partial charge in [-0.1, -0.05) is 0 Å². The Bertz CT molecular complexity index is 311. The number of primary amides is 1. The summed E-state index contributed by atoms with van der Waals surface area (Å²) in [7, 11) is 0. The fourth-order valence-electron chi connectivity index (χ4n) is 0.963. The smallest absolute Gasteiger partial charge is 0.318 e. The molecular weight excluding hydrogens is 182 g/mol. The van der Waals surface area contributed by atoms with Crippen molar-refractivity contribution in [1.82, 2.24) is 0 Å². The van der Waals surface area contributed by atoms with Crippen molar-refractivity contribution in [2.45, 2.75) is 12.8 Å². The first-order valence-corrected chi connectivity index (χ1v) is 3.95. The summed E-state index contributed by atoms with van der Waals surface area (Å²) in [6.07, 6.45) is 1.86. The lowest BCUT2D eigenvalue weighted by molar-refractivity contribution is -0.781. The van der Waals surface area contributed by atoms with E-state index in [9.17, 15) is 4.79 Å². The Morgan fingerprint density at radius 3 is 1.79 bits per heavy atom. The van der Waals surface area contributed by atoms with Crippen molar-refractivity contribution in [3.05, 3.63) is 0 Å². The Labute approximate surface area is 81.9 Å². The van der Waals surface area contributed by atoms with Gasteiger partial charge >= 0.3 is 12.2 Å². The first-order valence-electron chi connectivity index (χ1n) is 3.95. The van der Waals surface area contributed by atoms with Crippen LogP contribution in [-0.4, -0.2) is 23.6 Å². The van der Waals surface area contributed by atoms with Crippen LogP contribution in [-0.2, 0) is 0 Å². The second-order valence-corrected chi connectivity index (χ2v) is 2.67. The first kappa shape index (κ1) is 11.9. The maximum atomic E-state index is 11.0. The number of hydrogen-bond donors (Lipinski definition) is 1. The highest BCUT2D eigenvalue weighted by molar-refractivity contribution is 5.65. The lowest BCUT2D eigenvalue weighted by atomic mass is 10.3. The van der Waals surface area contributed by atoms with Crippen LogP contribution in [0, 0.1) is 34.1 Å². The number of nitriles is 3. The van der Waals surface area contributed by atoms with Crippen molar-refractivity contribution in [1.29, 1.82) is 15.8 Å². The van der Waals surface area contributed by atoms with Crippen LogP contribution >= 0.6 is 0 Å². The molecule has 0 atom stereocenters. The summed E-state index contributed by atoms with van der Waals surface area (Å²) >= 11 is 0. The molecular formula is C8H10N5O+. The maximum Gasteiger partial charge on any atom is 0.428 e. The van der Waals surface area contributed by atoms with Crippen molar-refractivity contribution in [3.63, 3.8) is 0 Å². The summed E-state index contributed by atoms with van der Waals surface area (Å²) < 4.78 is -0.666. The van der Waals surface area contributed by atoms with Gasteiger partial charge in [-0.25, -0.2) is 4.79 Å². The largest absolute Gasteiger partial charge is 0.428 e. The number of quaternary nitrogens is 1. The minimum absolute atomic E-state index is 0.0318. The predicted molar refractivity (Wildman–Crippen MR) is 45.7 cm³/mol. The van der Waals surface area contributed by atoms with Crippen molar-refractivity contribution < 1.29 is 9.28 Å². The molecule has 0 rings (SSSR count). The number of hydrogen-bond acceptors (Lipinski definition) is 4. The average molecular weight is 192 g/mol. The van der Waals surface area contributed by atoms with Gasteiger partial charge in [0.05, 0.1) is 25.0 Å². The zero-order valence-corrected chi connectivity index (χ0v) is 7.60. The number of carbonyl (C=O) groups is 1. The second kappa shape index (κ2) is 5.53. The molecule has 0 saturated carbocycles. The van der Waals surface area contributed by atoms with Gasteiger partial charge in [0.2, 0.25) is 0 Å². The van der Waals surface area contributed by atoms with Gasteiger partial charge in [-0.3, -0.25) is 0 Å². The zero-order chi connectivity index (χ0) is 11.0. The Morgan fingerprint density at radius 2 is 1.57 bits per heavy atom. The number of nitrogens with zero attached hydrogens (tertiary/aromatic N) is 4. The van der Waals surface area contributed by atoms with Crippen molar-refractivity contribution in [2.75, 3.05) is 13.1 Å². The molecule has 2 amide bonds. The molecule has 2 N–H and O–H groups in total. The molecule has 6 nitrogen and oxygen atoms in total. The van der Waals surface area contributed by atoms with Crippen molar-refractivity contribution >= 4 is 6.03 Å². The molecule has 0 aliphatic rings. The van der Waals surface area contributed by atoms with Crippen molar-refractivity contribution in [2.24, 2.45) is 5.73 Å². The van der Waals surface area contributed by atoms with Crippen molar-refractivity contribution in [3.8, 4) is 18.3 Å². The van der Waals surface area contributed by atoms with Crippen LogP contribution in [0.15, 0.2) is 0 Å². The number of amides is 2. The van der Waals surface area contributed by atoms with Gasteiger partial charge in [0.15, 0.2) is 0 Å². The third-order valence-electron chi connectivity index (χ3n) is 1.82. The molecule has 0 spiro atoms. The van der Waals surface area contributed by atoms with Crippen LogP contribution in [0.3, 0.4) is 0 Å². The SMILES string of the molecule is N#CCC[N+](C#N)(CCC#N)C(N)=O. The van der Waals surface area contributed by atoms with Crippen LogP contribution in [0.4, 0.5) is 4.79 Å². The summed E-state index contributed by atoms with van der Waals surface area (Å²) in [6.45, 7) is 0.0635. The Hall–Kier alpha value is -2.10. The standard InChI is InChI=1S/C8H9N5O/c9-3-1-5-13(7-11,8(12)14)6-2-4-10/h1-2,5-6H2,(H-,12,14)/p+1. The molecule has 0 aromatic heterocycles. The Kier molecular flexibility index (Phi) is 4.70. The molecule has 0 bridgehead atoms. The van der Waals surface area contributed by atoms with Gasteiger partial charge < -0.3 is 5.73 Å². The van der Waals surface area contributed by atoms with Gasteiger partial charge in [0, 0.05) is 0 Å². The van der Waals surface area contributed by atoms with Crippen LogP contribution < -0.4 is 5.73 Å². The molecule has 6 heteroatoms. The highest BCUT2D eigenvalue weighted by Gasteiger charge is 2.34. The number of urea groups is 1. The topological polar surface area (TPSA) is 114 Å². The molecule has 0 unspecified atom stereocenters. The molecule has 72 valence electrons. The molecule has 0 aromatic carbocycles. The van der Waals surface area contributed by atoms with E-state index in [4.69, 9.17) is 21.5 Å². The lowest BCUT2D eigenvalue weighted by Gasteiger charge is -2.22. The molecule has 0 saturated heterocycles. The average Bonchev–Trinajstić information content (AvgIpc) is 2.18. The quantitative estimate of drug-likeness (QED) is 0.505. The lowest BCUT2D eigenvalue weighted by Crippen LogP contribution is -2.52. The highest BCUT2D eigenvalue weighted by Crippen LogP contribution is 2.07. The van der Waals surface area contributed by atoms with Crippen LogP contribution in [0.5, 0.6) is 0 Å². The van der Waals surface area contributed by atoms with E-state index in [1.807, 2.05) is 12.1 Å². The van der Waals surface area contributed by atoms with Crippen LogP contribution in [0.1, 0.15) is 12.8 Å². The van der Waals surface area contributed by atoms with Gasteiger partial charge in [-0.15, -0.1) is 9.74 Å². The molecule has 14 heavy (non-hydrogen) atoms. The predicted octanol–water partition coefficient (Wildman–Crippen LogP) is 0.190. The monoisotopic (exact) mass is 192 g/mol. The molecule has 0 aliphatic heterocycles. The van der Waals surface area contributed by atoms with E-state index in [2.05, 4.69) is 0 Å². The van der Waals surface area contributed by atoms with E-state index >= 15 is 0 Å². The third kappa shape index (κ3) is 2.75. The zero-order valence-electron chi connectivity index (χ0n) is 7.60. The normalized spacial score (nSPS) is 9.50. The molecule has 0 radical (unpaired) electrons. The van der Waals surface area contributed by atoms with E-state index in [1.54, 1.807) is 6.19 Å². The fraction of sp³-hybridized carbons (Fsp3) is 0.500. The molecule has 0 heterocycles. The van der Waals surface area contributed by atoms with Gasteiger partial charge in [0.1, 0.15) is 13.1 Å². The van der Waals surface area contributed by atoms with Crippen LogP contribution in [0.25, 0.3) is 0 Å². The summed E-state index contributed by atoms with van der Waals surface area (Å²) in [6, 6.07) is 2.84. The van der Waals surface area contributed by atoms with Gasteiger partial charge in [0.25, 0.3) is 0 Å². The summed E-state index contributed by atoms with van der Waals surface area (Å²) in [5, 5.41) is 25.5. The Balaban J connectivity index is 4.66.